The number of hydrogen-bond acceptors (Lipinski definition) is 5. The Bertz CT molecular complexity index is 709. The maximum absolute atomic E-state index is 12.0. The predicted molar refractivity (Wildman–Crippen MR) is 77.3 cm³/mol. The average molecular weight is 280 g/mol. The SMILES string of the molecule is O=C1ON=C(c2ccccc2)C1/C(=N/O)c1ccccc1. The molecule has 0 bridgehead atoms. The zero-order valence-corrected chi connectivity index (χ0v) is 11.0. The van der Waals surface area contributed by atoms with E-state index in [4.69, 9.17) is 4.84 Å². The summed E-state index contributed by atoms with van der Waals surface area (Å²) in [4.78, 5) is 16.8. The van der Waals surface area contributed by atoms with E-state index in [2.05, 4.69) is 10.3 Å². The maximum atomic E-state index is 12.0. The number of carbonyl (C=O) groups is 1. The van der Waals surface area contributed by atoms with Crippen LogP contribution in [0.5, 0.6) is 0 Å². The Balaban J connectivity index is 2.03. The Kier molecular flexibility index (Phi) is 3.47. The van der Waals surface area contributed by atoms with Crippen LogP contribution in [-0.4, -0.2) is 22.6 Å². The third-order valence-corrected chi connectivity index (χ3v) is 3.26. The van der Waals surface area contributed by atoms with Gasteiger partial charge in [0.1, 0.15) is 11.4 Å². The molecule has 1 heterocycles. The van der Waals surface area contributed by atoms with Crippen LogP contribution in [0.3, 0.4) is 0 Å². The van der Waals surface area contributed by atoms with Crippen molar-refractivity contribution in [2.75, 3.05) is 0 Å². The molecule has 1 unspecified atom stereocenters. The third kappa shape index (κ3) is 2.41. The minimum Gasteiger partial charge on any atom is -0.411 e. The molecule has 1 aliphatic heterocycles. The van der Waals surface area contributed by atoms with Crippen LogP contribution < -0.4 is 0 Å². The summed E-state index contributed by atoms with van der Waals surface area (Å²) >= 11 is 0. The number of rotatable bonds is 3. The van der Waals surface area contributed by atoms with Gasteiger partial charge in [-0.1, -0.05) is 71.0 Å². The second-order valence-corrected chi connectivity index (χ2v) is 4.54. The average Bonchev–Trinajstić information content (AvgIpc) is 2.92. The first-order chi connectivity index (χ1) is 10.3. The van der Waals surface area contributed by atoms with Crippen LogP contribution in [0.4, 0.5) is 0 Å². The van der Waals surface area contributed by atoms with E-state index in [9.17, 15) is 10.0 Å². The molecular formula is C16H12N2O3. The lowest BCUT2D eigenvalue weighted by molar-refractivity contribution is -0.141. The molecule has 1 aliphatic rings. The Morgan fingerprint density at radius 2 is 1.67 bits per heavy atom. The highest BCUT2D eigenvalue weighted by Crippen LogP contribution is 2.23. The van der Waals surface area contributed by atoms with Crippen LogP contribution in [-0.2, 0) is 9.63 Å². The van der Waals surface area contributed by atoms with Crippen molar-refractivity contribution < 1.29 is 14.8 Å². The summed E-state index contributed by atoms with van der Waals surface area (Å²) in [6, 6.07) is 18.2. The molecule has 5 heteroatoms. The summed E-state index contributed by atoms with van der Waals surface area (Å²) in [6.45, 7) is 0. The second kappa shape index (κ2) is 5.58. The van der Waals surface area contributed by atoms with Gasteiger partial charge < -0.3 is 10.0 Å². The largest absolute Gasteiger partial charge is 0.411 e. The molecule has 0 saturated carbocycles. The molecule has 0 fully saturated rings. The molecule has 5 nitrogen and oxygen atoms in total. The van der Waals surface area contributed by atoms with Crippen molar-refractivity contribution in [3.05, 3.63) is 71.8 Å². The van der Waals surface area contributed by atoms with Crippen molar-refractivity contribution in [1.29, 1.82) is 0 Å². The number of hydrogen-bond donors (Lipinski definition) is 1. The van der Waals surface area contributed by atoms with Gasteiger partial charge in [0.2, 0.25) is 0 Å². The number of benzene rings is 2. The van der Waals surface area contributed by atoms with E-state index in [1.165, 1.54) is 0 Å². The summed E-state index contributed by atoms with van der Waals surface area (Å²) in [5, 5.41) is 16.5. The molecule has 1 N–H and O–H groups in total. The summed E-state index contributed by atoms with van der Waals surface area (Å²) < 4.78 is 0. The van der Waals surface area contributed by atoms with E-state index >= 15 is 0 Å². The van der Waals surface area contributed by atoms with Crippen LogP contribution in [0, 0.1) is 5.92 Å². The van der Waals surface area contributed by atoms with Gasteiger partial charge in [-0.25, -0.2) is 4.79 Å². The monoisotopic (exact) mass is 280 g/mol. The fourth-order valence-electron chi connectivity index (χ4n) is 2.27. The van der Waals surface area contributed by atoms with Crippen LogP contribution in [0.15, 0.2) is 71.0 Å². The minimum atomic E-state index is -0.834. The molecule has 0 aromatic heterocycles. The van der Waals surface area contributed by atoms with Gasteiger partial charge in [-0.05, 0) is 0 Å². The van der Waals surface area contributed by atoms with Crippen molar-refractivity contribution in [2.24, 2.45) is 16.2 Å². The molecule has 2 aromatic carbocycles. The Labute approximate surface area is 121 Å². The van der Waals surface area contributed by atoms with Crippen molar-refractivity contribution in [3.8, 4) is 0 Å². The fourth-order valence-corrected chi connectivity index (χ4v) is 2.27. The lowest BCUT2D eigenvalue weighted by Gasteiger charge is -2.11. The minimum absolute atomic E-state index is 0.223. The van der Waals surface area contributed by atoms with Crippen molar-refractivity contribution in [2.45, 2.75) is 0 Å². The number of oxime groups is 2. The molecular weight excluding hydrogens is 268 g/mol. The zero-order valence-electron chi connectivity index (χ0n) is 11.0. The summed E-state index contributed by atoms with van der Waals surface area (Å²) in [5.41, 5.74) is 2.07. The lowest BCUT2D eigenvalue weighted by atomic mass is 9.89. The van der Waals surface area contributed by atoms with Crippen molar-refractivity contribution in [3.63, 3.8) is 0 Å². The van der Waals surface area contributed by atoms with Gasteiger partial charge in [0, 0.05) is 11.1 Å². The molecule has 0 radical (unpaired) electrons. The highest BCUT2D eigenvalue weighted by atomic mass is 16.7. The highest BCUT2D eigenvalue weighted by Gasteiger charge is 2.39. The molecule has 0 saturated heterocycles. The van der Waals surface area contributed by atoms with E-state index in [-0.39, 0.29) is 5.71 Å². The van der Waals surface area contributed by atoms with E-state index in [1.54, 1.807) is 24.3 Å². The van der Waals surface area contributed by atoms with Gasteiger partial charge in [-0.2, -0.15) is 0 Å². The van der Waals surface area contributed by atoms with Crippen LogP contribution in [0.1, 0.15) is 11.1 Å². The molecule has 3 rings (SSSR count). The van der Waals surface area contributed by atoms with Gasteiger partial charge in [-0.15, -0.1) is 0 Å². The second-order valence-electron chi connectivity index (χ2n) is 4.54. The fraction of sp³-hybridized carbons (Fsp3) is 0.0625. The topological polar surface area (TPSA) is 71.2 Å². The first-order valence-electron chi connectivity index (χ1n) is 6.43. The van der Waals surface area contributed by atoms with Gasteiger partial charge in [0.25, 0.3) is 0 Å². The standard InChI is InChI=1S/C16H12N2O3/c19-16-13(14(17-20)11-7-3-1-4-8-11)15(18-21-16)12-9-5-2-6-10-12/h1-10,13,20H/b17-14+. The Hall–Kier alpha value is -2.95. The van der Waals surface area contributed by atoms with E-state index < -0.39 is 11.9 Å². The number of nitrogens with zero attached hydrogens (tertiary/aromatic N) is 2. The quantitative estimate of drug-likeness (QED) is 0.406. The van der Waals surface area contributed by atoms with Gasteiger partial charge in [-0.3, -0.25) is 0 Å². The Morgan fingerprint density at radius 3 is 2.29 bits per heavy atom. The first-order valence-corrected chi connectivity index (χ1v) is 6.43. The van der Waals surface area contributed by atoms with E-state index in [0.717, 1.165) is 5.56 Å². The molecule has 0 spiro atoms. The molecule has 0 amide bonds. The van der Waals surface area contributed by atoms with Gasteiger partial charge in [0.05, 0.1) is 0 Å². The maximum Gasteiger partial charge on any atom is 0.350 e. The molecule has 2 aromatic rings. The predicted octanol–water partition coefficient (Wildman–Crippen LogP) is 2.44. The Morgan fingerprint density at radius 1 is 1.05 bits per heavy atom. The van der Waals surface area contributed by atoms with Gasteiger partial charge in [0.15, 0.2) is 5.92 Å². The molecule has 21 heavy (non-hydrogen) atoms. The van der Waals surface area contributed by atoms with Crippen molar-refractivity contribution >= 4 is 17.4 Å². The molecule has 1 atom stereocenters. The van der Waals surface area contributed by atoms with Crippen molar-refractivity contribution in [1.82, 2.24) is 0 Å². The summed E-state index contributed by atoms with van der Waals surface area (Å²) in [7, 11) is 0. The lowest BCUT2D eigenvalue weighted by Crippen LogP contribution is -2.29. The smallest absolute Gasteiger partial charge is 0.350 e. The van der Waals surface area contributed by atoms with E-state index in [1.807, 2.05) is 36.4 Å². The van der Waals surface area contributed by atoms with Gasteiger partial charge >= 0.3 is 5.97 Å². The normalized spacial score (nSPS) is 18.3. The highest BCUT2D eigenvalue weighted by molar-refractivity contribution is 6.31. The zero-order chi connectivity index (χ0) is 14.7. The molecule has 104 valence electrons. The van der Waals surface area contributed by atoms with Crippen LogP contribution in [0.25, 0.3) is 0 Å². The third-order valence-electron chi connectivity index (χ3n) is 3.26. The van der Waals surface area contributed by atoms with Crippen LogP contribution >= 0.6 is 0 Å². The van der Waals surface area contributed by atoms with E-state index in [0.29, 0.717) is 11.3 Å². The molecule has 0 aliphatic carbocycles. The number of carbonyl (C=O) groups excluding carboxylic acids is 1. The van der Waals surface area contributed by atoms with Crippen LogP contribution in [0.2, 0.25) is 0 Å². The first kappa shape index (κ1) is 13.1. The summed E-state index contributed by atoms with van der Waals surface area (Å²) in [6.07, 6.45) is 0. The summed E-state index contributed by atoms with van der Waals surface area (Å²) in [5.74, 6) is -1.38.